The van der Waals surface area contributed by atoms with Crippen LogP contribution in [0.15, 0.2) is 18.2 Å². The van der Waals surface area contributed by atoms with E-state index >= 15 is 0 Å². The number of hydrogen-bond donors (Lipinski definition) is 1. The smallest absolute Gasteiger partial charge is 0.233 e. The largest absolute Gasteiger partial charge is 0.483 e. The highest BCUT2D eigenvalue weighted by Crippen LogP contribution is 2.37. The summed E-state index contributed by atoms with van der Waals surface area (Å²) in [6, 6.07) is 4.48. The van der Waals surface area contributed by atoms with E-state index in [-0.39, 0.29) is 18.1 Å². The average molecular weight is 246 g/mol. The highest BCUT2D eigenvalue weighted by atomic mass is 31.2. The van der Waals surface area contributed by atoms with Crippen molar-refractivity contribution >= 4 is 7.37 Å². The highest BCUT2D eigenvalue weighted by Gasteiger charge is 2.16. The molecule has 0 radical (unpaired) electrons. The molecular formula is C11H16FO3P. The van der Waals surface area contributed by atoms with Crippen molar-refractivity contribution in [1.82, 2.24) is 0 Å². The normalized spacial score (nSPS) is 14.9. The molecule has 3 nitrogen and oxygen atoms in total. The number of hydrogen-bond acceptors (Lipinski definition) is 2. The summed E-state index contributed by atoms with van der Waals surface area (Å²) in [6.07, 6.45) is -0.295. The Hall–Kier alpha value is -0.860. The SMILES string of the molecule is CC(C)c1c(F)cccc1OCP(C)(=O)O. The van der Waals surface area contributed by atoms with Gasteiger partial charge in [-0.3, -0.25) is 4.57 Å². The monoisotopic (exact) mass is 246 g/mol. The van der Waals surface area contributed by atoms with Crippen molar-refractivity contribution in [3.05, 3.63) is 29.6 Å². The Balaban J connectivity index is 2.96. The molecule has 16 heavy (non-hydrogen) atoms. The van der Waals surface area contributed by atoms with E-state index in [1.807, 2.05) is 13.8 Å². The standard InChI is InChI=1S/C11H16FO3P/c1-8(2)11-9(12)5-4-6-10(11)15-7-16(3,13)14/h4-6,8H,7H2,1-3H3,(H,13,14). The van der Waals surface area contributed by atoms with Gasteiger partial charge in [-0.25, -0.2) is 4.39 Å². The van der Waals surface area contributed by atoms with E-state index in [0.717, 1.165) is 0 Å². The van der Waals surface area contributed by atoms with Gasteiger partial charge in [0.05, 0.1) is 0 Å². The summed E-state index contributed by atoms with van der Waals surface area (Å²) >= 11 is 0. The van der Waals surface area contributed by atoms with E-state index in [4.69, 9.17) is 9.63 Å². The van der Waals surface area contributed by atoms with E-state index in [1.165, 1.54) is 18.8 Å². The molecule has 90 valence electrons. The molecule has 0 aliphatic heterocycles. The molecule has 0 aromatic heterocycles. The number of benzene rings is 1. The van der Waals surface area contributed by atoms with Gasteiger partial charge in [-0.1, -0.05) is 19.9 Å². The fourth-order valence-electron chi connectivity index (χ4n) is 1.39. The summed E-state index contributed by atoms with van der Waals surface area (Å²) in [7, 11) is -3.24. The maximum Gasteiger partial charge on any atom is 0.233 e. The van der Waals surface area contributed by atoms with Crippen LogP contribution in [0.3, 0.4) is 0 Å². The van der Waals surface area contributed by atoms with Gasteiger partial charge in [0.25, 0.3) is 0 Å². The van der Waals surface area contributed by atoms with Gasteiger partial charge in [0, 0.05) is 12.2 Å². The van der Waals surface area contributed by atoms with Crippen LogP contribution in [0.4, 0.5) is 4.39 Å². The first-order chi connectivity index (χ1) is 7.31. The fraction of sp³-hybridized carbons (Fsp3) is 0.455. The summed E-state index contributed by atoms with van der Waals surface area (Å²) < 4.78 is 29.8. The highest BCUT2D eigenvalue weighted by molar-refractivity contribution is 7.56. The molecule has 1 N–H and O–H groups in total. The summed E-state index contributed by atoms with van der Waals surface area (Å²) in [6.45, 7) is 4.90. The molecule has 0 aliphatic rings. The van der Waals surface area contributed by atoms with Gasteiger partial charge >= 0.3 is 0 Å². The van der Waals surface area contributed by atoms with Crippen molar-refractivity contribution < 1.29 is 18.6 Å². The molecule has 0 heterocycles. The first kappa shape index (κ1) is 13.2. The zero-order valence-electron chi connectivity index (χ0n) is 9.61. The van der Waals surface area contributed by atoms with E-state index < -0.39 is 7.37 Å². The van der Waals surface area contributed by atoms with Crippen molar-refractivity contribution in [3.63, 3.8) is 0 Å². The van der Waals surface area contributed by atoms with Crippen molar-refractivity contribution in [2.24, 2.45) is 0 Å². The van der Waals surface area contributed by atoms with Gasteiger partial charge in [-0.2, -0.15) is 0 Å². The fourth-order valence-corrected chi connectivity index (χ4v) is 1.77. The van der Waals surface area contributed by atoms with Gasteiger partial charge in [0.1, 0.15) is 11.6 Å². The molecule has 0 saturated heterocycles. The van der Waals surface area contributed by atoms with Crippen LogP contribution in [0.5, 0.6) is 5.75 Å². The third-order valence-corrected chi connectivity index (χ3v) is 2.66. The maximum absolute atomic E-state index is 13.5. The molecule has 0 bridgehead atoms. The Morgan fingerprint density at radius 2 is 2.12 bits per heavy atom. The predicted octanol–water partition coefficient (Wildman–Crippen LogP) is 3.19. The zero-order chi connectivity index (χ0) is 12.3. The van der Waals surface area contributed by atoms with E-state index in [2.05, 4.69) is 0 Å². The number of rotatable bonds is 4. The predicted molar refractivity (Wildman–Crippen MR) is 61.7 cm³/mol. The lowest BCUT2D eigenvalue weighted by molar-refractivity contribution is 0.345. The molecule has 1 unspecified atom stereocenters. The Labute approximate surface area is 94.7 Å². The third kappa shape index (κ3) is 3.62. The first-order valence-electron chi connectivity index (χ1n) is 5.02. The van der Waals surface area contributed by atoms with Crippen LogP contribution < -0.4 is 4.74 Å². The lowest BCUT2D eigenvalue weighted by Crippen LogP contribution is -2.03. The molecule has 5 heteroatoms. The van der Waals surface area contributed by atoms with E-state index in [1.54, 1.807) is 6.07 Å². The summed E-state index contributed by atoms with van der Waals surface area (Å²) in [5.74, 6) is -0.0476. The van der Waals surface area contributed by atoms with Gasteiger partial charge in [0.2, 0.25) is 7.37 Å². The average Bonchev–Trinajstić information content (AvgIpc) is 2.12. The minimum absolute atomic E-state index is 0.0360. The first-order valence-corrected chi connectivity index (χ1v) is 7.31. The van der Waals surface area contributed by atoms with E-state index in [9.17, 15) is 8.96 Å². The molecule has 0 amide bonds. The van der Waals surface area contributed by atoms with Crippen LogP contribution in [0, 0.1) is 5.82 Å². The molecule has 1 atom stereocenters. The Morgan fingerprint density at radius 3 is 2.62 bits per heavy atom. The summed E-state index contributed by atoms with van der Waals surface area (Å²) in [5.41, 5.74) is 0.441. The van der Waals surface area contributed by atoms with Gasteiger partial charge < -0.3 is 9.63 Å². The van der Waals surface area contributed by atoms with Gasteiger partial charge in [-0.15, -0.1) is 0 Å². The van der Waals surface area contributed by atoms with Crippen molar-refractivity contribution in [2.75, 3.05) is 13.0 Å². The van der Waals surface area contributed by atoms with Crippen LogP contribution >= 0.6 is 7.37 Å². The third-order valence-electron chi connectivity index (χ3n) is 2.05. The second-order valence-corrected chi connectivity index (χ2v) is 6.49. The minimum atomic E-state index is -3.24. The van der Waals surface area contributed by atoms with Crippen molar-refractivity contribution in [3.8, 4) is 5.75 Å². The molecular weight excluding hydrogens is 230 g/mol. The molecule has 1 rings (SSSR count). The van der Waals surface area contributed by atoms with Crippen LogP contribution in [0.1, 0.15) is 25.3 Å². The van der Waals surface area contributed by atoms with Crippen LogP contribution in [-0.4, -0.2) is 17.9 Å². The second kappa shape index (κ2) is 4.98. The summed E-state index contributed by atoms with van der Waals surface area (Å²) in [4.78, 5) is 9.11. The Morgan fingerprint density at radius 1 is 1.50 bits per heavy atom. The van der Waals surface area contributed by atoms with E-state index in [0.29, 0.717) is 11.3 Å². The zero-order valence-corrected chi connectivity index (χ0v) is 10.5. The Kier molecular flexibility index (Phi) is 4.11. The molecule has 1 aromatic rings. The number of halogens is 1. The quantitative estimate of drug-likeness (QED) is 0.830. The summed E-state index contributed by atoms with van der Waals surface area (Å²) in [5, 5.41) is 0. The molecule has 0 saturated carbocycles. The molecule has 1 aromatic carbocycles. The van der Waals surface area contributed by atoms with Gasteiger partial charge in [-0.05, 0) is 18.1 Å². The molecule has 0 spiro atoms. The van der Waals surface area contributed by atoms with Gasteiger partial charge in [0.15, 0.2) is 6.35 Å². The van der Waals surface area contributed by atoms with Crippen LogP contribution in [0.25, 0.3) is 0 Å². The van der Waals surface area contributed by atoms with Crippen LogP contribution in [0.2, 0.25) is 0 Å². The lowest BCUT2D eigenvalue weighted by atomic mass is 10.0. The maximum atomic E-state index is 13.5. The lowest BCUT2D eigenvalue weighted by Gasteiger charge is -2.15. The second-order valence-electron chi connectivity index (χ2n) is 4.13. The minimum Gasteiger partial charge on any atom is -0.483 e. The van der Waals surface area contributed by atoms with Crippen LogP contribution in [-0.2, 0) is 4.57 Å². The molecule has 0 aliphatic carbocycles. The van der Waals surface area contributed by atoms with Crippen molar-refractivity contribution in [2.45, 2.75) is 19.8 Å². The topological polar surface area (TPSA) is 46.5 Å². The number of ether oxygens (including phenoxy) is 1. The molecule has 0 fully saturated rings. The Bertz CT molecular complexity index is 412. The van der Waals surface area contributed by atoms with Crippen molar-refractivity contribution in [1.29, 1.82) is 0 Å².